The lowest BCUT2D eigenvalue weighted by atomic mass is 9.96. The highest BCUT2D eigenvalue weighted by molar-refractivity contribution is 6.25. The third-order valence-corrected chi connectivity index (χ3v) is 6.72. The van der Waals surface area contributed by atoms with E-state index in [1.807, 2.05) is 91.0 Å². The SMILES string of the molecule is CC/C(=C\C=C\Cl)c1ccccc1-c1nc(-c2ccccc2)nc(-c2cccc3oc4ccccc4c23)n1. The number of furan rings is 1. The van der Waals surface area contributed by atoms with Crippen molar-refractivity contribution >= 4 is 39.1 Å². The molecule has 0 amide bonds. The van der Waals surface area contributed by atoms with Gasteiger partial charge in [-0.1, -0.05) is 116 Å². The molecule has 4 aromatic carbocycles. The van der Waals surface area contributed by atoms with E-state index in [2.05, 4.69) is 25.1 Å². The predicted octanol–water partition coefficient (Wildman–Crippen LogP) is 9.32. The molecule has 0 fully saturated rings. The summed E-state index contributed by atoms with van der Waals surface area (Å²) >= 11 is 5.84. The summed E-state index contributed by atoms with van der Waals surface area (Å²) in [7, 11) is 0. The van der Waals surface area contributed by atoms with Crippen LogP contribution in [0.4, 0.5) is 0 Å². The molecule has 5 heteroatoms. The van der Waals surface area contributed by atoms with E-state index in [1.165, 1.54) is 5.54 Å². The second kappa shape index (κ2) is 10.4. The lowest BCUT2D eigenvalue weighted by molar-refractivity contribution is 0.669. The molecule has 6 aromatic rings. The van der Waals surface area contributed by atoms with Crippen molar-refractivity contribution in [3.63, 3.8) is 0 Å². The second-order valence-corrected chi connectivity index (χ2v) is 9.11. The highest BCUT2D eigenvalue weighted by atomic mass is 35.5. The van der Waals surface area contributed by atoms with Crippen molar-refractivity contribution in [3.8, 4) is 34.2 Å². The topological polar surface area (TPSA) is 51.8 Å². The molecular formula is C33H24ClN3O. The van der Waals surface area contributed by atoms with Crippen LogP contribution in [0.5, 0.6) is 0 Å². The van der Waals surface area contributed by atoms with E-state index in [4.69, 9.17) is 31.0 Å². The van der Waals surface area contributed by atoms with E-state index < -0.39 is 0 Å². The fourth-order valence-corrected chi connectivity index (χ4v) is 4.88. The Bertz CT molecular complexity index is 1820. The van der Waals surface area contributed by atoms with E-state index in [0.29, 0.717) is 17.5 Å². The van der Waals surface area contributed by atoms with Crippen LogP contribution in [0.15, 0.2) is 119 Å². The summed E-state index contributed by atoms with van der Waals surface area (Å²) in [5.41, 5.74) is 8.13. The van der Waals surface area contributed by atoms with E-state index in [9.17, 15) is 0 Å². The first kappa shape index (κ1) is 23.8. The van der Waals surface area contributed by atoms with E-state index in [-0.39, 0.29) is 0 Å². The van der Waals surface area contributed by atoms with Gasteiger partial charge in [-0.25, -0.2) is 15.0 Å². The van der Waals surface area contributed by atoms with Crippen LogP contribution < -0.4 is 0 Å². The number of hydrogen-bond acceptors (Lipinski definition) is 4. The fourth-order valence-electron chi connectivity index (χ4n) is 4.80. The van der Waals surface area contributed by atoms with Crippen LogP contribution in [0.3, 0.4) is 0 Å². The molecule has 0 radical (unpaired) electrons. The van der Waals surface area contributed by atoms with Crippen molar-refractivity contribution in [3.05, 3.63) is 120 Å². The average molecular weight is 514 g/mol. The van der Waals surface area contributed by atoms with Gasteiger partial charge in [0.15, 0.2) is 17.5 Å². The zero-order chi connectivity index (χ0) is 25.9. The highest BCUT2D eigenvalue weighted by Crippen LogP contribution is 2.37. The van der Waals surface area contributed by atoms with Crippen LogP contribution in [0.1, 0.15) is 18.9 Å². The molecule has 0 saturated carbocycles. The molecule has 0 aliphatic heterocycles. The molecule has 6 rings (SSSR count). The Hall–Kier alpha value is -4.54. The molecule has 0 aliphatic rings. The summed E-state index contributed by atoms with van der Waals surface area (Å²) in [6.45, 7) is 2.13. The maximum absolute atomic E-state index is 6.15. The van der Waals surface area contributed by atoms with Crippen molar-refractivity contribution in [2.45, 2.75) is 13.3 Å². The van der Waals surface area contributed by atoms with E-state index >= 15 is 0 Å². The lowest BCUT2D eigenvalue weighted by Gasteiger charge is -2.13. The largest absolute Gasteiger partial charge is 0.456 e. The van der Waals surface area contributed by atoms with Crippen molar-refractivity contribution in [2.75, 3.05) is 0 Å². The van der Waals surface area contributed by atoms with Gasteiger partial charge < -0.3 is 4.42 Å². The quantitative estimate of drug-likeness (QED) is 0.208. The van der Waals surface area contributed by atoms with E-state index in [1.54, 1.807) is 0 Å². The molecule has 2 aromatic heterocycles. The molecule has 0 aliphatic carbocycles. The smallest absolute Gasteiger partial charge is 0.164 e. The first-order chi connectivity index (χ1) is 18.8. The fraction of sp³-hybridized carbons (Fsp3) is 0.0606. The maximum atomic E-state index is 6.15. The number of aromatic nitrogens is 3. The van der Waals surface area contributed by atoms with Crippen LogP contribution in [0.2, 0.25) is 0 Å². The van der Waals surface area contributed by atoms with Crippen LogP contribution in [0.25, 0.3) is 61.7 Å². The van der Waals surface area contributed by atoms with Gasteiger partial charge in [0.05, 0.1) is 0 Å². The lowest BCUT2D eigenvalue weighted by Crippen LogP contribution is -2.02. The molecule has 0 atom stereocenters. The summed E-state index contributed by atoms with van der Waals surface area (Å²) in [4.78, 5) is 15.0. The van der Waals surface area contributed by atoms with Gasteiger partial charge in [-0.05, 0) is 29.7 Å². The Labute approximate surface area is 226 Å². The highest BCUT2D eigenvalue weighted by Gasteiger charge is 2.19. The number of nitrogens with zero attached hydrogens (tertiary/aromatic N) is 3. The number of hydrogen-bond donors (Lipinski definition) is 0. The number of rotatable bonds is 6. The number of allylic oxidation sites excluding steroid dienone is 3. The molecule has 0 N–H and O–H groups in total. The number of benzene rings is 4. The number of para-hydroxylation sites is 1. The normalized spacial score (nSPS) is 12.1. The third-order valence-electron chi connectivity index (χ3n) is 6.58. The minimum atomic E-state index is 0.600. The van der Waals surface area contributed by atoms with Crippen molar-refractivity contribution in [1.29, 1.82) is 0 Å². The molecule has 0 bridgehead atoms. The first-order valence-electron chi connectivity index (χ1n) is 12.5. The Morgan fingerprint density at radius 1 is 0.711 bits per heavy atom. The minimum absolute atomic E-state index is 0.600. The zero-order valence-corrected chi connectivity index (χ0v) is 21.6. The minimum Gasteiger partial charge on any atom is -0.456 e. The van der Waals surface area contributed by atoms with Gasteiger partial charge in [0.25, 0.3) is 0 Å². The number of fused-ring (bicyclic) bond motifs is 3. The molecule has 0 spiro atoms. The molecule has 4 nitrogen and oxygen atoms in total. The van der Waals surface area contributed by atoms with Gasteiger partial charge in [-0.15, -0.1) is 0 Å². The Morgan fingerprint density at radius 3 is 2.18 bits per heavy atom. The summed E-state index contributed by atoms with van der Waals surface area (Å²) in [5.74, 6) is 1.83. The Balaban J connectivity index is 1.64. The molecule has 2 heterocycles. The van der Waals surface area contributed by atoms with Crippen molar-refractivity contribution < 1.29 is 4.42 Å². The number of halogens is 1. The summed E-state index contributed by atoms with van der Waals surface area (Å²) < 4.78 is 6.15. The Morgan fingerprint density at radius 2 is 1.37 bits per heavy atom. The molecular weight excluding hydrogens is 490 g/mol. The summed E-state index contributed by atoms with van der Waals surface area (Å²) in [6.07, 6.45) is 4.71. The van der Waals surface area contributed by atoms with Crippen molar-refractivity contribution in [1.82, 2.24) is 15.0 Å². The summed E-state index contributed by atoms with van der Waals surface area (Å²) in [6, 6.07) is 32.3. The predicted molar refractivity (Wildman–Crippen MR) is 157 cm³/mol. The van der Waals surface area contributed by atoms with Crippen molar-refractivity contribution in [2.24, 2.45) is 0 Å². The van der Waals surface area contributed by atoms with Crippen LogP contribution in [0, 0.1) is 0 Å². The van der Waals surface area contributed by atoms with E-state index in [0.717, 1.165) is 56.2 Å². The van der Waals surface area contributed by atoms with Gasteiger partial charge in [0.1, 0.15) is 11.2 Å². The zero-order valence-electron chi connectivity index (χ0n) is 20.8. The van der Waals surface area contributed by atoms with Gasteiger partial charge in [-0.2, -0.15) is 0 Å². The maximum Gasteiger partial charge on any atom is 0.164 e. The first-order valence-corrected chi connectivity index (χ1v) is 13.0. The monoisotopic (exact) mass is 513 g/mol. The van der Waals surface area contributed by atoms with Gasteiger partial charge in [0.2, 0.25) is 0 Å². The second-order valence-electron chi connectivity index (χ2n) is 8.86. The van der Waals surface area contributed by atoms with Crippen LogP contribution >= 0.6 is 11.6 Å². The molecule has 0 unspecified atom stereocenters. The average Bonchev–Trinajstić information content (AvgIpc) is 3.37. The van der Waals surface area contributed by atoms with Gasteiger partial charge in [-0.3, -0.25) is 0 Å². The molecule has 38 heavy (non-hydrogen) atoms. The Kier molecular flexibility index (Phi) is 6.55. The molecule has 0 saturated heterocycles. The van der Waals surface area contributed by atoms with Crippen LogP contribution in [-0.2, 0) is 0 Å². The standard InChI is InChI=1S/C33H24ClN3O/c1-2-22(14-11-21-34)24-15-6-7-16-25(24)32-35-31(23-12-4-3-5-13-23)36-33(37-32)27-18-10-20-29-30(27)26-17-8-9-19-28(26)38-29/h3-21H,2H2,1H3/b21-11+,22-14+. The molecule has 184 valence electrons. The third kappa shape index (κ3) is 4.40. The van der Waals surface area contributed by atoms with Crippen LogP contribution in [-0.4, -0.2) is 15.0 Å². The van der Waals surface area contributed by atoms with Gasteiger partial charge >= 0.3 is 0 Å². The van der Waals surface area contributed by atoms with Gasteiger partial charge in [0, 0.05) is 33.0 Å². The summed E-state index contributed by atoms with van der Waals surface area (Å²) in [5, 5.41) is 2.03.